The summed E-state index contributed by atoms with van der Waals surface area (Å²) < 4.78 is 2.47. The summed E-state index contributed by atoms with van der Waals surface area (Å²) in [5, 5.41) is 25.3. The number of amides is 1. The van der Waals surface area contributed by atoms with Crippen LogP contribution in [0, 0.1) is 13.8 Å². The number of carbonyl (C=O) groups is 1. The summed E-state index contributed by atoms with van der Waals surface area (Å²) in [5.74, 6) is -0.576. The summed E-state index contributed by atoms with van der Waals surface area (Å²) in [6.07, 6.45) is 5.01. The van der Waals surface area contributed by atoms with E-state index in [2.05, 4.69) is 63.8 Å². The second kappa shape index (κ2) is 13.1. The molecule has 0 bridgehead atoms. The van der Waals surface area contributed by atoms with E-state index < -0.39 is 0 Å². The van der Waals surface area contributed by atoms with Gasteiger partial charge in [0.15, 0.2) is 0 Å². The number of hydrogen-bond acceptors (Lipinski definition) is 6. The van der Waals surface area contributed by atoms with Crippen molar-refractivity contribution in [2.45, 2.75) is 33.2 Å². The Labute approximate surface area is 264 Å². The van der Waals surface area contributed by atoms with Crippen LogP contribution in [0.25, 0.3) is 22.0 Å². The second-order valence-corrected chi connectivity index (χ2v) is 12.2. The van der Waals surface area contributed by atoms with Gasteiger partial charge in [0.1, 0.15) is 11.5 Å². The standard InChI is InChI=1S/C37H41N5O3/c1-25-26(2)42(15-5-14-41-18-16-40(3)17-19-41)33-9-8-28(22-32(25)33)20-27-6-4-7-30(21-27)37(45)39-31-23-34(43)36(35(44)24-31)29-10-12-38-13-11-29/h4,6-13,21-24,43-44H,5,14-20H2,1-3H3,(H,39,45). The SMILES string of the molecule is Cc1c(C)n(CCCN2CCN(C)CC2)c2ccc(Cc3cccc(C(=O)Nc4cc(O)c(-c5ccncc5)c(O)c4)c3)cc12. The van der Waals surface area contributed by atoms with Crippen molar-refractivity contribution in [1.82, 2.24) is 19.4 Å². The minimum absolute atomic E-state index is 0.130. The lowest BCUT2D eigenvalue weighted by atomic mass is 10.0. The van der Waals surface area contributed by atoms with Crippen LogP contribution in [0.5, 0.6) is 11.5 Å². The normalized spacial score (nSPS) is 14.2. The lowest BCUT2D eigenvalue weighted by molar-refractivity contribution is 0.102. The number of anilines is 1. The Kier molecular flexibility index (Phi) is 8.87. The summed E-state index contributed by atoms with van der Waals surface area (Å²) in [5.41, 5.74) is 7.88. The van der Waals surface area contributed by atoms with Crippen molar-refractivity contribution in [3.05, 3.63) is 107 Å². The number of pyridine rings is 1. The highest BCUT2D eigenvalue weighted by Crippen LogP contribution is 2.39. The number of fused-ring (bicyclic) bond motifs is 1. The van der Waals surface area contributed by atoms with Crippen LogP contribution in [-0.2, 0) is 13.0 Å². The summed E-state index contributed by atoms with van der Waals surface area (Å²) in [6.45, 7) is 11.2. The quantitative estimate of drug-likeness (QED) is 0.186. The third-order valence-electron chi connectivity index (χ3n) is 9.08. The molecule has 45 heavy (non-hydrogen) atoms. The molecule has 8 heteroatoms. The molecule has 1 amide bonds. The van der Waals surface area contributed by atoms with Crippen LogP contribution < -0.4 is 5.32 Å². The van der Waals surface area contributed by atoms with E-state index in [1.807, 2.05) is 18.2 Å². The molecular weight excluding hydrogens is 562 g/mol. The predicted octanol–water partition coefficient (Wildman–Crippen LogP) is 6.21. The lowest BCUT2D eigenvalue weighted by Crippen LogP contribution is -2.44. The highest BCUT2D eigenvalue weighted by molar-refractivity contribution is 6.05. The number of aromatic nitrogens is 2. The Bertz CT molecular complexity index is 1800. The van der Waals surface area contributed by atoms with Crippen molar-refractivity contribution in [3.8, 4) is 22.6 Å². The summed E-state index contributed by atoms with van der Waals surface area (Å²) >= 11 is 0. The monoisotopic (exact) mass is 603 g/mol. The molecule has 0 atom stereocenters. The largest absolute Gasteiger partial charge is 0.507 e. The van der Waals surface area contributed by atoms with E-state index in [0.717, 1.165) is 51.3 Å². The van der Waals surface area contributed by atoms with E-state index in [1.54, 1.807) is 30.6 Å². The molecule has 1 aliphatic rings. The molecule has 1 fully saturated rings. The van der Waals surface area contributed by atoms with E-state index in [0.29, 0.717) is 28.8 Å². The van der Waals surface area contributed by atoms with Crippen molar-refractivity contribution < 1.29 is 15.0 Å². The Balaban J connectivity index is 1.13. The first-order valence-corrected chi connectivity index (χ1v) is 15.6. The molecule has 3 aromatic carbocycles. The summed E-state index contributed by atoms with van der Waals surface area (Å²) in [6, 6.07) is 20.6. The summed E-state index contributed by atoms with van der Waals surface area (Å²) in [7, 11) is 2.20. The molecule has 0 saturated carbocycles. The van der Waals surface area contributed by atoms with Crippen LogP contribution in [0.3, 0.4) is 0 Å². The zero-order valence-corrected chi connectivity index (χ0v) is 26.3. The fourth-order valence-electron chi connectivity index (χ4n) is 6.38. The van der Waals surface area contributed by atoms with Gasteiger partial charge in [-0.2, -0.15) is 0 Å². The van der Waals surface area contributed by atoms with Gasteiger partial charge in [0.2, 0.25) is 0 Å². The van der Waals surface area contributed by atoms with Crippen molar-refractivity contribution in [2.75, 3.05) is 45.1 Å². The molecule has 0 aliphatic carbocycles. The number of aromatic hydroxyl groups is 2. The van der Waals surface area contributed by atoms with Crippen LogP contribution in [0.15, 0.2) is 79.1 Å². The van der Waals surface area contributed by atoms with Crippen LogP contribution in [0.4, 0.5) is 5.69 Å². The van der Waals surface area contributed by atoms with E-state index in [-0.39, 0.29) is 17.4 Å². The predicted molar refractivity (Wildman–Crippen MR) is 180 cm³/mol. The van der Waals surface area contributed by atoms with Crippen LogP contribution in [0.1, 0.15) is 39.2 Å². The molecular formula is C37H41N5O3. The average Bonchev–Trinajstić information content (AvgIpc) is 3.26. The number of benzene rings is 3. The first-order chi connectivity index (χ1) is 21.8. The first-order valence-electron chi connectivity index (χ1n) is 15.6. The maximum atomic E-state index is 13.2. The van der Waals surface area contributed by atoms with Gasteiger partial charge in [-0.3, -0.25) is 9.78 Å². The lowest BCUT2D eigenvalue weighted by Gasteiger charge is -2.32. The van der Waals surface area contributed by atoms with Crippen molar-refractivity contribution in [1.29, 1.82) is 0 Å². The Morgan fingerprint density at radius 3 is 2.31 bits per heavy atom. The second-order valence-electron chi connectivity index (χ2n) is 12.2. The van der Waals surface area contributed by atoms with E-state index in [9.17, 15) is 15.0 Å². The number of phenolic OH excluding ortho intramolecular Hbond substituents is 2. The van der Waals surface area contributed by atoms with Crippen LogP contribution >= 0.6 is 0 Å². The number of nitrogens with one attached hydrogen (secondary N) is 1. The minimum Gasteiger partial charge on any atom is -0.507 e. The molecule has 8 nitrogen and oxygen atoms in total. The van der Waals surface area contributed by atoms with Crippen molar-refractivity contribution in [2.24, 2.45) is 0 Å². The van der Waals surface area contributed by atoms with Gasteiger partial charge >= 0.3 is 0 Å². The topological polar surface area (TPSA) is 93.9 Å². The first kappa shape index (κ1) is 30.4. The number of hydrogen-bond donors (Lipinski definition) is 3. The molecule has 0 unspecified atom stereocenters. The van der Waals surface area contributed by atoms with Gasteiger partial charge in [-0.1, -0.05) is 18.2 Å². The number of nitrogens with zero attached hydrogens (tertiary/aromatic N) is 4. The van der Waals surface area contributed by atoms with E-state index in [4.69, 9.17) is 0 Å². The Morgan fingerprint density at radius 1 is 0.867 bits per heavy atom. The molecule has 6 rings (SSSR count). The third-order valence-corrected chi connectivity index (χ3v) is 9.08. The van der Waals surface area contributed by atoms with Gasteiger partial charge < -0.3 is 29.9 Å². The van der Waals surface area contributed by atoms with Crippen LogP contribution in [0.2, 0.25) is 0 Å². The number of aryl methyl sites for hydroxylation is 2. The van der Waals surface area contributed by atoms with Gasteiger partial charge in [0.25, 0.3) is 5.91 Å². The maximum absolute atomic E-state index is 13.2. The van der Waals surface area contributed by atoms with Crippen molar-refractivity contribution in [3.63, 3.8) is 0 Å². The fraction of sp³-hybridized carbons (Fsp3) is 0.297. The number of likely N-dealkylation sites (N-methyl/N-ethyl adjacent to an activating group) is 1. The number of piperazine rings is 1. The van der Waals surface area contributed by atoms with Crippen LogP contribution in [-0.4, -0.2) is 75.2 Å². The maximum Gasteiger partial charge on any atom is 0.255 e. The van der Waals surface area contributed by atoms with Gasteiger partial charge in [-0.25, -0.2) is 0 Å². The van der Waals surface area contributed by atoms with E-state index >= 15 is 0 Å². The minimum atomic E-state index is -0.317. The smallest absolute Gasteiger partial charge is 0.255 e. The number of carbonyl (C=O) groups excluding carboxylic acids is 1. The molecule has 3 N–H and O–H groups in total. The third kappa shape index (κ3) is 6.72. The van der Waals surface area contributed by atoms with Crippen molar-refractivity contribution >= 4 is 22.5 Å². The molecule has 5 aromatic rings. The van der Waals surface area contributed by atoms with Gasteiger partial charge in [-0.15, -0.1) is 0 Å². The molecule has 232 valence electrons. The highest BCUT2D eigenvalue weighted by atomic mass is 16.3. The number of rotatable bonds is 9. The molecule has 2 aromatic heterocycles. The van der Waals surface area contributed by atoms with E-state index in [1.165, 1.54) is 39.9 Å². The fourth-order valence-corrected chi connectivity index (χ4v) is 6.38. The zero-order valence-electron chi connectivity index (χ0n) is 26.3. The Hall–Kier alpha value is -4.66. The van der Waals surface area contributed by atoms with Gasteiger partial charge in [0.05, 0.1) is 5.56 Å². The number of phenols is 2. The zero-order chi connectivity index (χ0) is 31.5. The molecule has 1 saturated heterocycles. The Morgan fingerprint density at radius 2 is 1.58 bits per heavy atom. The van der Waals surface area contributed by atoms with Gasteiger partial charge in [0, 0.05) is 85.1 Å². The highest BCUT2D eigenvalue weighted by Gasteiger charge is 2.17. The van der Waals surface area contributed by atoms with Gasteiger partial charge in [-0.05, 0) is 98.9 Å². The molecule has 0 radical (unpaired) electrons. The molecule has 0 spiro atoms. The molecule has 1 aliphatic heterocycles. The summed E-state index contributed by atoms with van der Waals surface area (Å²) in [4.78, 5) is 22.1. The average molecular weight is 604 g/mol. The molecule has 3 heterocycles.